The molecule has 1 heterocycles. The number of carbonyl (C=O) groups excluding carboxylic acids is 2. The average molecular weight is 426 g/mol. The second kappa shape index (κ2) is 8.77. The fourth-order valence-electron chi connectivity index (χ4n) is 2.84. The molecule has 0 aliphatic carbocycles. The van der Waals surface area contributed by atoms with Gasteiger partial charge in [-0.3, -0.25) is 14.5 Å². The summed E-state index contributed by atoms with van der Waals surface area (Å²) in [6.45, 7) is 2.69. The van der Waals surface area contributed by atoms with Crippen molar-refractivity contribution in [3.63, 3.8) is 0 Å². The molecule has 2 amide bonds. The van der Waals surface area contributed by atoms with E-state index < -0.39 is 0 Å². The summed E-state index contributed by atoms with van der Waals surface area (Å²) in [6.07, 6.45) is 1.87. The predicted molar refractivity (Wildman–Crippen MR) is 111 cm³/mol. The van der Waals surface area contributed by atoms with Gasteiger partial charge in [0.1, 0.15) is 5.82 Å². The van der Waals surface area contributed by atoms with Crippen LogP contribution < -0.4 is 10.2 Å². The van der Waals surface area contributed by atoms with Crippen LogP contribution >= 0.6 is 15.9 Å². The number of aromatic nitrogens is 1. The van der Waals surface area contributed by atoms with Crippen LogP contribution in [-0.2, 0) is 4.79 Å². The highest BCUT2D eigenvalue weighted by Gasteiger charge is 2.15. The maximum Gasteiger partial charge on any atom is 0.251 e. The monoisotopic (exact) mass is 425 g/mol. The molecule has 1 aromatic heterocycles. The molecule has 5 nitrogen and oxygen atoms in total. The smallest absolute Gasteiger partial charge is 0.251 e. The fourth-order valence-corrected chi connectivity index (χ4v) is 3.08. The third kappa shape index (κ3) is 4.71. The number of hydrogen-bond acceptors (Lipinski definition) is 3. The predicted octanol–water partition coefficient (Wildman–Crippen LogP) is 4.17. The van der Waals surface area contributed by atoms with Gasteiger partial charge >= 0.3 is 0 Å². The number of hydrogen-bond donors (Lipinski definition) is 1. The molecule has 27 heavy (non-hydrogen) atoms. The van der Waals surface area contributed by atoms with Crippen LogP contribution in [0.15, 0.2) is 65.3 Å². The molecule has 0 radical (unpaired) electrons. The summed E-state index contributed by atoms with van der Waals surface area (Å²) in [5.74, 6) is 0.344. The van der Waals surface area contributed by atoms with E-state index in [1.54, 1.807) is 23.2 Å². The fraction of sp³-hybridized carbons (Fsp3) is 0.190. The topological polar surface area (TPSA) is 62.3 Å². The van der Waals surface area contributed by atoms with Gasteiger partial charge < -0.3 is 5.32 Å². The lowest BCUT2D eigenvalue weighted by molar-refractivity contribution is -0.118. The van der Waals surface area contributed by atoms with Crippen molar-refractivity contribution in [2.24, 2.45) is 0 Å². The van der Waals surface area contributed by atoms with Crippen molar-refractivity contribution < 1.29 is 9.59 Å². The number of carbonyl (C=O) groups is 2. The molecule has 138 valence electrons. The number of halogens is 1. The van der Waals surface area contributed by atoms with Gasteiger partial charge in [0.15, 0.2) is 0 Å². The Morgan fingerprint density at radius 3 is 2.56 bits per heavy atom. The molecule has 0 bridgehead atoms. The molecule has 0 fully saturated rings. The summed E-state index contributed by atoms with van der Waals surface area (Å²) in [4.78, 5) is 30.7. The van der Waals surface area contributed by atoms with E-state index in [0.29, 0.717) is 17.9 Å². The Labute approximate surface area is 166 Å². The Morgan fingerprint density at radius 2 is 1.85 bits per heavy atom. The maximum atomic E-state index is 12.5. The Balaban J connectivity index is 1.58. The molecule has 0 spiro atoms. The van der Waals surface area contributed by atoms with E-state index in [0.717, 1.165) is 15.2 Å². The van der Waals surface area contributed by atoms with Crippen molar-refractivity contribution in [2.45, 2.75) is 13.3 Å². The summed E-state index contributed by atoms with van der Waals surface area (Å²) in [6, 6.07) is 17.1. The molecule has 6 heteroatoms. The van der Waals surface area contributed by atoms with Crippen LogP contribution in [0.3, 0.4) is 0 Å². The molecule has 0 saturated carbocycles. The standard InChI is InChI=1S/C21H20BrN3O2/c1-2-25(19-10-9-18(22)14-24-19)20(26)11-12-23-21(27)17-8-7-15-5-3-4-6-16(15)13-17/h3-10,13-14H,2,11-12H2,1H3,(H,23,27). The number of benzene rings is 2. The lowest BCUT2D eigenvalue weighted by Gasteiger charge is -2.20. The van der Waals surface area contributed by atoms with E-state index in [1.165, 1.54) is 0 Å². The van der Waals surface area contributed by atoms with Crippen molar-refractivity contribution in [3.05, 3.63) is 70.8 Å². The Morgan fingerprint density at radius 1 is 1.07 bits per heavy atom. The first-order valence-electron chi connectivity index (χ1n) is 8.77. The van der Waals surface area contributed by atoms with Gasteiger partial charge in [-0.05, 0) is 57.9 Å². The summed E-state index contributed by atoms with van der Waals surface area (Å²) >= 11 is 3.34. The van der Waals surface area contributed by atoms with Crippen molar-refractivity contribution in [2.75, 3.05) is 18.0 Å². The third-order valence-corrected chi connectivity index (χ3v) is 4.71. The van der Waals surface area contributed by atoms with Crippen molar-refractivity contribution in [3.8, 4) is 0 Å². The zero-order valence-electron chi connectivity index (χ0n) is 15.0. The molecule has 0 aliphatic heterocycles. The largest absolute Gasteiger partial charge is 0.352 e. The van der Waals surface area contributed by atoms with Crippen LogP contribution in [-0.4, -0.2) is 29.9 Å². The Kier molecular flexibility index (Phi) is 6.19. The molecule has 0 aliphatic rings. The number of nitrogens with one attached hydrogen (secondary N) is 1. The lowest BCUT2D eigenvalue weighted by Crippen LogP contribution is -2.35. The highest BCUT2D eigenvalue weighted by molar-refractivity contribution is 9.10. The van der Waals surface area contributed by atoms with Gasteiger partial charge in [0.25, 0.3) is 5.91 Å². The number of anilines is 1. The number of pyridine rings is 1. The first-order chi connectivity index (χ1) is 13.1. The van der Waals surface area contributed by atoms with Gasteiger partial charge in [-0.2, -0.15) is 0 Å². The van der Waals surface area contributed by atoms with Crippen LogP contribution in [0.2, 0.25) is 0 Å². The van der Waals surface area contributed by atoms with Crippen LogP contribution in [0, 0.1) is 0 Å². The molecule has 0 saturated heterocycles. The minimum absolute atomic E-state index is 0.0777. The normalized spacial score (nSPS) is 10.6. The first kappa shape index (κ1) is 19.0. The first-order valence-corrected chi connectivity index (χ1v) is 9.56. The van der Waals surface area contributed by atoms with Gasteiger partial charge in [0.05, 0.1) is 0 Å². The molecule has 2 aromatic carbocycles. The summed E-state index contributed by atoms with van der Waals surface area (Å²) in [5.41, 5.74) is 0.586. The quantitative estimate of drug-likeness (QED) is 0.644. The maximum absolute atomic E-state index is 12.5. The van der Waals surface area contributed by atoms with Crippen molar-refractivity contribution >= 4 is 44.3 Å². The molecule has 0 atom stereocenters. The van der Waals surface area contributed by atoms with Crippen LogP contribution in [0.4, 0.5) is 5.82 Å². The van der Waals surface area contributed by atoms with Gasteiger partial charge in [-0.25, -0.2) is 4.98 Å². The second-order valence-electron chi connectivity index (χ2n) is 6.04. The number of nitrogens with zero attached hydrogens (tertiary/aromatic N) is 2. The van der Waals surface area contributed by atoms with Gasteiger partial charge in [0, 0.05) is 35.7 Å². The minimum atomic E-state index is -0.182. The molecular formula is C21H20BrN3O2. The highest BCUT2D eigenvalue weighted by Crippen LogP contribution is 2.16. The van der Waals surface area contributed by atoms with Crippen LogP contribution in [0.5, 0.6) is 0 Å². The second-order valence-corrected chi connectivity index (χ2v) is 6.96. The number of amides is 2. The lowest BCUT2D eigenvalue weighted by atomic mass is 10.1. The van der Waals surface area contributed by atoms with E-state index in [-0.39, 0.29) is 24.8 Å². The zero-order valence-corrected chi connectivity index (χ0v) is 16.6. The van der Waals surface area contributed by atoms with Gasteiger partial charge in [-0.1, -0.05) is 30.3 Å². The van der Waals surface area contributed by atoms with E-state index in [4.69, 9.17) is 0 Å². The average Bonchev–Trinajstić information content (AvgIpc) is 2.69. The van der Waals surface area contributed by atoms with Gasteiger partial charge in [0.2, 0.25) is 5.91 Å². The zero-order chi connectivity index (χ0) is 19.2. The van der Waals surface area contributed by atoms with Crippen molar-refractivity contribution in [1.29, 1.82) is 0 Å². The molecule has 3 rings (SSSR count). The number of fused-ring (bicyclic) bond motifs is 1. The van der Waals surface area contributed by atoms with E-state index >= 15 is 0 Å². The highest BCUT2D eigenvalue weighted by atomic mass is 79.9. The van der Waals surface area contributed by atoms with E-state index in [1.807, 2.05) is 49.4 Å². The van der Waals surface area contributed by atoms with Crippen molar-refractivity contribution in [1.82, 2.24) is 10.3 Å². The summed E-state index contributed by atoms with van der Waals surface area (Å²) in [5, 5.41) is 4.92. The Hall–Kier alpha value is -2.73. The van der Waals surface area contributed by atoms with E-state index in [2.05, 4.69) is 26.2 Å². The number of rotatable bonds is 6. The third-order valence-electron chi connectivity index (χ3n) is 4.24. The van der Waals surface area contributed by atoms with Gasteiger partial charge in [-0.15, -0.1) is 0 Å². The molecule has 3 aromatic rings. The van der Waals surface area contributed by atoms with Crippen LogP contribution in [0.1, 0.15) is 23.7 Å². The molecule has 0 unspecified atom stereocenters. The summed E-state index contributed by atoms with van der Waals surface area (Å²) < 4.78 is 0.859. The van der Waals surface area contributed by atoms with Crippen LogP contribution in [0.25, 0.3) is 10.8 Å². The molecular weight excluding hydrogens is 406 g/mol. The minimum Gasteiger partial charge on any atom is -0.352 e. The molecule has 1 N–H and O–H groups in total. The van der Waals surface area contributed by atoms with E-state index in [9.17, 15) is 9.59 Å². The SMILES string of the molecule is CCN(C(=O)CCNC(=O)c1ccc2ccccc2c1)c1ccc(Br)cn1. The summed E-state index contributed by atoms with van der Waals surface area (Å²) in [7, 11) is 0. The Bertz CT molecular complexity index is 957.